The van der Waals surface area contributed by atoms with E-state index in [2.05, 4.69) is 20.6 Å². The van der Waals surface area contributed by atoms with E-state index in [9.17, 15) is 4.79 Å². The molecule has 0 spiro atoms. The summed E-state index contributed by atoms with van der Waals surface area (Å²) in [4.78, 5) is 14.9. The van der Waals surface area contributed by atoms with Crippen LogP contribution in [0.25, 0.3) is 5.69 Å². The van der Waals surface area contributed by atoms with Crippen molar-refractivity contribution in [1.82, 2.24) is 20.0 Å². The molecular weight excluding hydrogens is 358 g/mol. The number of ether oxygens (including phenoxy) is 2. The molecule has 8 heteroatoms. The molecule has 0 aliphatic carbocycles. The molecule has 1 aromatic carbocycles. The lowest BCUT2D eigenvalue weighted by atomic mass is 9.97. The maximum Gasteiger partial charge on any atom is 0.319 e. The zero-order valence-electron chi connectivity index (χ0n) is 15.9. The van der Waals surface area contributed by atoms with Crippen molar-refractivity contribution in [3.05, 3.63) is 42.7 Å². The molecule has 0 unspecified atom stereocenters. The van der Waals surface area contributed by atoms with Crippen LogP contribution in [0.2, 0.25) is 0 Å². The Bertz CT molecular complexity index is 755. The van der Waals surface area contributed by atoms with Gasteiger partial charge in [-0.15, -0.1) is 0 Å². The quantitative estimate of drug-likeness (QED) is 0.792. The fourth-order valence-corrected chi connectivity index (χ4v) is 3.88. The first-order valence-corrected chi connectivity index (χ1v) is 9.84. The number of benzene rings is 1. The van der Waals surface area contributed by atoms with E-state index in [1.807, 2.05) is 36.5 Å². The van der Waals surface area contributed by atoms with Gasteiger partial charge in [-0.05, 0) is 30.7 Å². The number of urea groups is 1. The topological polar surface area (TPSA) is 80.6 Å². The van der Waals surface area contributed by atoms with Gasteiger partial charge in [0.2, 0.25) is 0 Å². The second-order valence-electron chi connectivity index (χ2n) is 7.18. The molecule has 1 aromatic heterocycles. The van der Waals surface area contributed by atoms with Gasteiger partial charge in [0.05, 0.1) is 25.5 Å². The summed E-state index contributed by atoms with van der Waals surface area (Å²) in [5, 5.41) is 10.2. The molecule has 2 aliphatic rings. The van der Waals surface area contributed by atoms with Gasteiger partial charge in [-0.2, -0.15) is 5.10 Å². The van der Waals surface area contributed by atoms with Gasteiger partial charge in [0.25, 0.3) is 0 Å². The molecule has 3 heterocycles. The van der Waals surface area contributed by atoms with E-state index in [0.717, 1.165) is 57.3 Å². The second kappa shape index (κ2) is 9.18. The predicted octanol–water partition coefficient (Wildman–Crippen LogP) is 1.73. The Morgan fingerprint density at radius 3 is 2.86 bits per heavy atom. The van der Waals surface area contributed by atoms with Crippen molar-refractivity contribution in [2.45, 2.75) is 12.5 Å². The number of anilines is 1. The van der Waals surface area contributed by atoms with Gasteiger partial charge in [-0.1, -0.05) is 6.07 Å². The summed E-state index contributed by atoms with van der Waals surface area (Å²) < 4.78 is 12.8. The third-order valence-electron chi connectivity index (χ3n) is 5.37. The minimum absolute atomic E-state index is 0.199. The largest absolute Gasteiger partial charge is 0.381 e. The number of hydrogen-bond acceptors (Lipinski definition) is 5. The molecule has 2 atom stereocenters. The van der Waals surface area contributed by atoms with Crippen LogP contribution in [0, 0.1) is 5.92 Å². The molecule has 28 heavy (non-hydrogen) atoms. The van der Waals surface area contributed by atoms with Gasteiger partial charge in [-0.25, -0.2) is 9.48 Å². The first-order chi connectivity index (χ1) is 13.8. The third-order valence-corrected chi connectivity index (χ3v) is 5.37. The van der Waals surface area contributed by atoms with Crippen LogP contribution in [-0.4, -0.2) is 72.8 Å². The summed E-state index contributed by atoms with van der Waals surface area (Å²) in [5.74, 6) is 0.446. The van der Waals surface area contributed by atoms with Crippen molar-refractivity contribution < 1.29 is 14.3 Å². The molecule has 2 aromatic rings. The van der Waals surface area contributed by atoms with E-state index < -0.39 is 0 Å². The van der Waals surface area contributed by atoms with Crippen LogP contribution in [0.4, 0.5) is 10.5 Å². The number of nitrogens with one attached hydrogen (secondary N) is 2. The SMILES string of the molecule is O=C(NC[C@@H]([C@@H]1CCOC1)N1CCOCC1)Nc1cccc(-n2cccn2)c1. The van der Waals surface area contributed by atoms with Gasteiger partial charge in [0.1, 0.15) is 0 Å². The van der Waals surface area contributed by atoms with E-state index in [1.54, 1.807) is 10.9 Å². The van der Waals surface area contributed by atoms with Gasteiger partial charge < -0.3 is 20.1 Å². The summed E-state index contributed by atoms with van der Waals surface area (Å²) in [6, 6.07) is 9.56. The lowest BCUT2D eigenvalue weighted by Crippen LogP contribution is -2.52. The summed E-state index contributed by atoms with van der Waals surface area (Å²) in [7, 11) is 0. The smallest absolute Gasteiger partial charge is 0.319 e. The molecule has 2 saturated heterocycles. The molecule has 2 aliphatic heterocycles. The average Bonchev–Trinajstić information content (AvgIpc) is 3.44. The Balaban J connectivity index is 1.35. The normalized spacial score (nSPS) is 21.4. The maximum atomic E-state index is 12.5. The zero-order chi connectivity index (χ0) is 19.2. The number of morpholine rings is 1. The summed E-state index contributed by atoms with van der Waals surface area (Å²) in [5.41, 5.74) is 1.63. The molecule has 4 rings (SSSR count). The van der Waals surface area contributed by atoms with E-state index in [0.29, 0.717) is 12.5 Å². The van der Waals surface area contributed by atoms with Crippen molar-refractivity contribution in [2.75, 3.05) is 51.4 Å². The number of hydrogen-bond donors (Lipinski definition) is 2. The van der Waals surface area contributed by atoms with Gasteiger partial charge in [0.15, 0.2) is 0 Å². The van der Waals surface area contributed by atoms with E-state index >= 15 is 0 Å². The van der Waals surface area contributed by atoms with Crippen LogP contribution in [0.5, 0.6) is 0 Å². The van der Waals surface area contributed by atoms with Crippen LogP contribution in [0.1, 0.15) is 6.42 Å². The molecule has 0 saturated carbocycles. The minimum Gasteiger partial charge on any atom is -0.381 e. The Morgan fingerprint density at radius 2 is 2.11 bits per heavy atom. The number of aromatic nitrogens is 2. The van der Waals surface area contributed by atoms with E-state index in [4.69, 9.17) is 9.47 Å². The molecule has 2 amide bonds. The number of carbonyl (C=O) groups is 1. The van der Waals surface area contributed by atoms with Crippen molar-refractivity contribution in [2.24, 2.45) is 5.92 Å². The second-order valence-corrected chi connectivity index (χ2v) is 7.18. The highest BCUT2D eigenvalue weighted by atomic mass is 16.5. The van der Waals surface area contributed by atoms with Gasteiger partial charge in [-0.3, -0.25) is 4.90 Å². The monoisotopic (exact) mass is 385 g/mol. The molecule has 2 N–H and O–H groups in total. The Morgan fingerprint density at radius 1 is 1.21 bits per heavy atom. The number of nitrogens with zero attached hydrogens (tertiary/aromatic N) is 3. The van der Waals surface area contributed by atoms with Crippen LogP contribution >= 0.6 is 0 Å². The fourth-order valence-electron chi connectivity index (χ4n) is 3.88. The lowest BCUT2D eigenvalue weighted by Gasteiger charge is -2.37. The summed E-state index contributed by atoms with van der Waals surface area (Å²) in [6.07, 6.45) is 4.64. The maximum absolute atomic E-state index is 12.5. The van der Waals surface area contributed by atoms with Crippen molar-refractivity contribution >= 4 is 11.7 Å². The molecule has 0 bridgehead atoms. The van der Waals surface area contributed by atoms with E-state index in [-0.39, 0.29) is 12.1 Å². The van der Waals surface area contributed by atoms with Crippen LogP contribution in [0.3, 0.4) is 0 Å². The molecule has 8 nitrogen and oxygen atoms in total. The molecule has 0 radical (unpaired) electrons. The number of carbonyl (C=O) groups excluding carboxylic acids is 1. The molecule has 2 fully saturated rings. The number of amides is 2. The summed E-state index contributed by atoms with van der Waals surface area (Å²) in [6.45, 7) is 5.45. The van der Waals surface area contributed by atoms with Crippen LogP contribution in [-0.2, 0) is 9.47 Å². The fraction of sp³-hybridized carbons (Fsp3) is 0.500. The van der Waals surface area contributed by atoms with Crippen molar-refractivity contribution in [1.29, 1.82) is 0 Å². The lowest BCUT2D eigenvalue weighted by molar-refractivity contribution is 0.00222. The highest BCUT2D eigenvalue weighted by molar-refractivity contribution is 5.89. The van der Waals surface area contributed by atoms with Crippen molar-refractivity contribution in [3.63, 3.8) is 0 Å². The van der Waals surface area contributed by atoms with Gasteiger partial charge >= 0.3 is 6.03 Å². The zero-order valence-corrected chi connectivity index (χ0v) is 15.9. The van der Waals surface area contributed by atoms with Crippen LogP contribution < -0.4 is 10.6 Å². The first kappa shape index (κ1) is 18.9. The molecule has 150 valence electrons. The Kier molecular flexibility index (Phi) is 6.20. The first-order valence-electron chi connectivity index (χ1n) is 9.84. The highest BCUT2D eigenvalue weighted by Gasteiger charge is 2.31. The average molecular weight is 385 g/mol. The third kappa shape index (κ3) is 4.70. The standard InChI is InChI=1S/C20H27N5O3/c26-20(23-17-3-1-4-18(13-17)25-7-2-6-22-25)21-14-19(16-5-10-28-15-16)24-8-11-27-12-9-24/h1-4,6-7,13,16,19H,5,8-12,14-15H2,(H2,21,23,26)/t16-,19+/m1/s1. The molecular formula is C20H27N5O3. The van der Waals surface area contributed by atoms with Gasteiger partial charge in [0, 0.05) is 56.3 Å². The summed E-state index contributed by atoms with van der Waals surface area (Å²) >= 11 is 0. The Labute approximate surface area is 164 Å². The van der Waals surface area contributed by atoms with Crippen LogP contribution in [0.15, 0.2) is 42.7 Å². The van der Waals surface area contributed by atoms with Crippen molar-refractivity contribution in [3.8, 4) is 5.69 Å². The predicted molar refractivity (Wildman–Crippen MR) is 106 cm³/mol. The Hall–Kier alpha value is -2.42. The number of rotatable bonds is 6. The highest BCUT2D eigenvalue weighted by Crippen LogP contribution is 2.22. The van der Waals surface area contributed by atoms with E-state index in [1.165, 1.54) is 0 Å². The minimum atomic E-state index is -0.199.